The van der Waals surface area contributed by atoms with Crippen molar-refractivity contribution in [1.29, 1.82) is 0 Å². The molecule has 3 heteroatoms. The quantitative estimate of drug-likeness (QED) is 0.693. The molecule has 0 aliphatic heterocycles. The van der Waals surface area contributed by atoms with Crippen molar-refractivity contribution in [2.24, 2.45) is 0 Å². The van der Waals surface area contributed by atoms with Crippen molar-refractivity contribution in [3.63, 3.8) is 0 Å². The molecule has 0 aliphatic rings. The molecule has 0 aromatic heterocycles. The number of halogens is 2. The Bertz CT molecular complexity index is 295. The van der Waals surface area contributed by atoms with Crippen LogP contribution in [0, 0.1) is 0 Å². The molecule has 1 nitrogen and oxygen atoms in total. The Kier molecular flexibility index (Phi) is 2.86. The van der Waals surface area contributed by atoms with Gasteiger partial charge in [-0.25, -0.2) is 0 Å². The minimum absolute atomic E-state index is 0.346. The maximum atomic E-state index is 5.98. The van der Waals surface area contributed by atoms with E-state index in [-0.39, 0.29) is 0 Å². The Labute approximate surface area is 82.5 Å². The van der Waals surface area contributed by atoms with Crippen molar-refractivity contribution in [3.8, 4) is 0 Å². The van der Waals surface area contributed by atoms with E-state index in [4.69, 9.17) is 28.9 Å². The Balaban J connectivity index is 3.28. The molecule has 0 saturated carbocycles. The first-order valence-corrected chi connectivity index (χ1v) is 4.52. The Morgan fingerprint density at radius 2 is 1.83 bits per heavy atom. The molecular formula is C9H11Cl2N. The van der Waals surface area contributed by atoms with Crippen LogP contribution >= 0.6 is 23.2 Å². The monoisotopic (exact) mass is 203 g/mol. The van der Waals surface area contributed by atoms with Crippen molar-refractivity contribution >= 4 is 28.9 Å². The van der Waals surface area contributed by atoms with Crippen molar-refractivity contribution in [2.75, 3.05) is 5.73 Å². The molecule has 0 spiro atoms. The van der Waals surface area contributed by atoms with Crippen LogP contribution in [0.2, 0.25) is 10.0 Å². The van der Waals surface area contributed by atoms with Gasteiger partial charge in [-0.2, -0.15) is 0 Å². The number of anilines is 1. The van der Waals surface area contributed by atoms with E-state index in [0.29, 0.717) is 21.7 Å². The summed E-state index contributed by atoms with van der Waals surface area (Å²) in [5.41, 5.74) is 7.19. The second kappa shape index (κ2) is 3.55. The van der Waals surface area contributed by atoms with E-state index in [9.17, 15) is 0 Å². The van der Waals surface area contributed by atoms with Gasteiger partial charge in [0.25, 0.3) is 0 Å². The normalized spacial score (nSPS) is 10.8. The molecule has 2 N–H and O–H groups in total. The summed E-state index contributed by atoms with van der Waals surface area (Å²) in [7, 11) is 0. The molecule has 66 valence electrons. The lowest BCUT2D eigenvalue weighted by molar-refractivity contribution is 0.867. The van der Waals surface area contributed by atoms with Gasteiger partial charge in [-0.1, -0.05) is 37.0 Å². The molecule has 0 saturated heterocycles. The summed E-state index contributed by atoms with van der Waals surface area (Å²) in [4.78, 5) is 0. The summed E-state index contributed by atoms with van der Waals surface area (Å²) in [6.45, 7) is 4.11. The van der Waals surface area contributed by atoms with E-state index in [0.717, 1.165) is 5.56 Å². The van der Waals surface area contributed by atoms with Crippen molar-refractivity contribution < 1.29 is 0 Å². The van der Waals surface area contributed by atoms with Gasteiger partial charge in [-0.3, -0.25) is 0 Å². The first kappa shape index (κ1) is 9.69. The second-order valence-electron chi connectivity index (χ2n) is 3.05. The van der Waals surface area contributed by atoms with Gasteiger partial charge in [0, 0.05) is 5.02 Å². The third-order valence-corrected chi connectivity index (χ3v) is 2.37. The molecule has 0 heterocycles. The number of hydrogen-bond acceptors (Lipinski definition) is 1. The van der Waals surface area contributed by atoms with Crippen molar-refractivity contribution in [2.45, 2.75) is 19.8 Å². The van der Waals surface area contributed by atoms with Crippen molar-refractivity contribution in [3.05, 3.63) is 27.7 Å². The minimum atomic E-state index is 0.346. The highest BCUT2D eigenvalue weighted by Gasteiger charge is 2.08. The number of nitrogens with two attached hydrogens (primary N) is 1. The lowest BCUT2D eigenvalue weighted by Gasteiger charge is -2.10. The zero-order chi connectivity index (χ0) is 9.30. The topological polar surface area (TPSA) is 26.0 Å². The number of nitrogen functional groups attached to an aromatic ring is 1. The van der Waals surface area contributed by atoms with Crippen LogP contribution in [0.3, 0.4) is 0 Å². The van der Waals surface area contributed by atoms with Gasteiger partial charge < -0.3 is 5.73 Å². The van der Waals surface area contributed by atoms with Gasteiger partial charge in [-0.15, -0.1) is 0 Å². The predicted molar refractivity (Wildman–Crippen MR) is 55.0 cm³/mol. The lowest BCUT2D eigenvalue weighted by Crippen LogP contribution is -1.94. The van der Waals surface area contributed by atoms with Gasteiger partial charge in [0.15, 0.2) is 0 Å². The molecule has 0 fully saturated rings. The number of hydrogen-bond donors (Lipinski definition) is 1. The Morgan fingerprint density at radius 1 is 1.25 bits per heavy atom. The van der Waals surface area contributed by atoms with Gasteiger partial charge in [0.2, 0.25) is 0 Å². The van der Waals surface area contributed by atoms with Crippen LogP contribution in [0.25, 0.3) is 0 Å². The molecule has 0 unspecified atom stereocenters. The van der Waals surface area contributed by atoms with E-state index in [1.165, 1.54) is 0 Å². The third kappa shape index (κ3) is 1.85. The van der Waals surface area contributed by atoms with E-state index < -0.39 is 0 Å². The standard InChI is InChI=1S/C9H11Cl2N/c1-5(2)7-3-6(10)4-8(12)9(7)11/h3-5H,12H2,1-2H3. The van der Waals surface area contributed by atoms with Gasteiger partial charge in [-0.05, 0) is 23.6 Å². The predicted octanol–water partition coefficient (Wildman–Crippen LogP) is 3.70. The molecule has 0 bridgehead atoms. The maximum Gasteiger partial charge on any atom is 0.0671 e. The smallest absolute Gasteiger partial charge is 0.0671 e. The largest absolute Gasteiger partial charge is 0.397 e. The van der Waals surface area contributed by atoms with E-state index in [1.807, 2.05) is 6.07 Å². The molecule has 0 amide bonds. The summed E-state index contributed by atoms with van der Waals surface area (Å²) < 4.78 is 0. The molecule has 0 atom stereocenters. The first-order chi connectivity index (χ1) is 5.52. The fourth-order valence-electron chi connectivity index (χ4n) is 1.05. The molecular weight excluding hydrogens is 193 g/mol. The van der Waals surface area contributed by atoms with E-state index in [1.54, 1.807) is 6.07 Å². The average Bonchev–Trinajstić information content (AvgIpc) is 1.96. The SMILES string of the molecule is CC(C)c1cc(Cl)cc(N)c1Cl. The molecule has 1 aromatic carbocycles. The molecule has 0 radical (unpaired) electrons. The second-order valence-corrected chi connectivity index (χ2v) is 3.87. The van der Waals surface area contributed by atoms with Crippen molar-refractivity contribution in [1.82, 2.24) is 0 Å². The minimum Gasteiger partial charge on any atom is -0.397 e. The fraction of sp³-hybridized carbons (Fsp3) is 0.333. The van der Waals surface area contributed by atoms with Crippen LogP contribution in [0.5, 0.6) is 0 Å². The zero-order valence-electron chi connectivity index (χ0n) is 7.07. The summed E-state index contributed by atoms with van der Waals surface area (Å²) in [6, 6.07) is 3.51. The number of benzene rings is 1. The summed E-state index contributed by atoms with van der Waals surface area (Å²) in [5.74, 6) is 0.346. The average molecular weight is 204 g/mol. The van der Waals surface area contributed by atoms with Crippen LogP contribution in [-0.2, 0) is 0 Å². The van der Waals surface area contributed by atoms with Crippen LogP contribution in [0.15, 0.2) is 12.1 Å². The highest BCUT2D eigenvalue weighted by molar-refractivity contribution is 6.35. The first-order valence-electron chi connectivity index (χ1n) is 3.76. The van der Waals surface area contributed by atoms with Crippen LogP contribution in [-0.4, -0.2) is 0 Å². The Morgan fingerprint density at radius 3 is 2.33 bits per heavy atom. The van der Waals surface area contributed by atoms with Crippen LogP contribution in [0.4, 0.5) is 5.69 Å². The highest BCUT2D eigenvalue weighted by Crippen LogP contribution is 2.32. The maximum absolute atomic E-state index is 5.98. The fourth-order valence-corrected chi connectivity index (χ4v) is 1.61. The third-order valence-electron chi connectivity index (χ3n) is 1.72. The van der Waals surface area contributed by atoms with Gasteiger partial charge >= 0.3 is 0 Å². The van der Waals surface area contributed by atoms with E-state index in [2.05, 4.69) is 13.8 Å². The summed E-state index contributed by atoms with van der Waals surface area (Å²) in [5, 5.41) is 1.26. The van der Waals surface area contributed by atoms with E-state index >= 15 is 0 Å². The lowest BCUT2D eigenvalue weighted by atomic mass is 10.0. The summed E-state index contributed by atoms with van der Waals surface area (Å²) >= 11 is 11.8. The zero-order valence-corrected chi connectivity index (χ0v) is 8.58. The molecule has 0 aliphatic carbocycles. The molecule has 1 aromatic rings. The van der Waals surface area contributed by atoms with Gasteiger partial charge in [0.05, 0.1) is 10.7 Å². The highest BCUT2D eigenvalue weighted by atomic mass is 35.5. The van der Waals surface area contributed by atoms with Crippen LogP contribution < -0.4 is 5.73 Å². The van der Waals surface area contributed by atoms with Gasteiger partial charge in [0.1, 0.15) is 0 Å². The number of rotatable bonds is 1. The molecule has 12 heavy (non-hydrogen) atoms. The molecule has 1 rings (SSSR count). The Hall–Kier alpha value is -0.400. The van der Waals surface area contributed by atoms with Crippen LogP contribution in [0.1, 0.15) is 25.3 Å². The summed E-state index contributed by atoms with van der Waals surface area (Å²) in [6.07, 6.45) is 0.